The van der Waals surface area contributed by atoms with Crippen LogP contribution in [0.15, 0.2) is 47.4 Å². The first kappa shape index (κ1) is 22.8. The zero-order valence-electron chi connectivity index (χ0n) is 17.8. The van der Waals surface area contributed by atoms with Gasteiger partial charge in [0.05, 0.1) is 13.0 Å². The van der Waals surface area contributed by atoms with Crippen LogP contribution in [0.1, 0.15) is 25.3 Å². The molecule has 0 aromatic heterocycles. The van der Waals surface area contributed by atoms with Crippen LogP contribution in [0.25, 0.3) is 0 Å². The number of amides is 2. The minimum Gasteiger partial charge on any atom is -0.495 e. The van der Waals surface area contributed by atoms with Crippen LogP contribution >= 0.6 is 0 Å². The van der Waals surface area contributed by atoms with E-state index in [9.17, 15) is 18.0 Å². The lowest BCUT2D eigenvalue weighted by molar-refractivity contribution is -0.121. The van der Waals surface area contributed by atoms with Crippen molar-refractivity contribution in [1.29, 1.82) is 0 Å². The Morgan fingerprint density at radius 3 is 2.32 bits per heavy atom. The van der Waals surface area contributed by atoms with E-state index in [0.717, 1.165) is 5.56 Å². The minimum atomic E-state index is -3.80. The van der Waals surface area contributed by atoms with Gasteiger partial charge in [0.25, 0.3) is 0 Å². The van der Waals surface area contributed by atoms with Crippen LogP contribution in [0, 0.1) is 12.8 Å². The summed E-state index contributed by atoms with van der Waals surface area (Å²) in [5, 5.41) is 5.50. The predicted octanol–water partition coefficient (Wildman–Crippen LogP) is 3.00. The van der Waals surface area contributed by atoms with Crippen LogP contribution in [-0.2, 0) is 19.6 Å². The van der Waals surface area contributed by atoms with Gasteiger partial charge in [0.15, 0.2) is 0 Å². The number of anilines is 2. The Balaban J connectivity index is 1.72. The average molecular weight is 446 g/mol. The molecule has 0 radical (unpaired) electrons. The van der Waals surface area contributed by atoms with Crippen molar-refractivity contribution in [2.24, 2.45) is 5.92 Å². The van der Waals surface area contributed by atoms with Crippen LogP contribution in [0.4, 0.5) is 11.4 Å². The number of carbonyl (C=O) groups is 2. The Labute approximate surface area is 182 Å². The van der Waals surface area contributed by atoms with E-state index in [1.807, 2.05) is 6.92 Å². The van der Waals surface area contributed by atoms with Crippen molar-refractivity contribution in [3.8, 4) is 5.75 Å². The van der Waals surface area contributed by atoms with Crippen LogP contribution in [0.2, 0.25) is 0 Å². The molecule has 3 rings (SSSR count). The number of aryl methyl sites for hydroxylation is 1. The number of nitrogens with one attached hydrogen (secondary N) is 2. The van der Waals surface area contributed by atoms with E-state index in [0.29, 0.717) is 30.8 Å². The number of nitrogens with zero attached hydrogens (tertiary/aromatic N) is 1. The summed E-state index contributed by atoms with van der Waals surface area (Å²) in [6.07, 6.45) is 1.19. The van der Waals surface area contributed by atoms with E-state index >= 15 is 0 Å². The lowest BCUT2D eigenvalue weighted by atomic mass is 9.98. The summed E-state index contributed by atoms with van der Waals surface area (Å²) in [4.78, 5) is 24.0. The Kier molecular flexibility index (Phi) is 6.97. The Morgan fingerprint density at radius 1 is 1.06 bits per heavy atom. The van der Waals surface area contributed by atoms with E-state index in [1.165, 1.54) is 18.3 Å². The molecule has 2 aromatic rings. The number of sulfonamides is 1. The monoisotopic (exact) mass is 445 g/mol. The maximum atomic E-state index is 13.3. The normalized spacial score (nSPS) is 17.1. The smallest absolute Gasteiger partial charge is 0.246 e. The molecule has 1 fully saturated rings. The first-order valence-corrected chi connectivity index (χ1v) is 11.5. The fourth-order valence-corrected chi connectivity index (χ4v) is 5.35. The number of hydrogen-bond acceptors (Lipinski definition) is 5. The summed E-state index contributed by atoms with van der Waals surface area (Å²) < 4.78 is 33.1. The second-order valence-corrected chi connectivity index (χ2v) is 9.51. The summed E-state index contributed by atoms with van der Waals surface area (Å²) in [7, 11) is -2.36. The number of piperidine rings is 1. The maximum absolute atomic E-state index is 13.3. The number of methoxy groups -OCH3 is 1. The molecular formula is C22H27N3O5S. The highest BCUT2D eigenvalue weighted by Crippen LogP contribution is 2.31. The molecule has 0 spiro atoms. The third kappa shape index (κ3) is 5.42. The van der Waals surface area contributed by atoms with Gasteiger partial charge in [-0.05, 0) is 61.7 Å². The van der Waals surface area contributed by atoms with Crippen molar-refractivity contribution < 1.29 is 22.7 Å². The topological polar surface area (TPSA) is 105 Å². The minimum absolute atomic E-state index is 0.106. The van der Waals surface area contributed by atoms with Gasteiger partial charge in [-0.15, -0.1) is 0 Å². The fraction of sp³-hybridized carbons (Fsp3) is 0.364. The standard InChI is InChI=1S/C22H27N3O5S/c1-15-6-11-20(30-3)21(13-15)31(28,29)25-12-4-5-17(14-25)22(27)24-19-9-7-18(8-10-19)23-16(2)26/h6-11,13,17H,4-5,12,14H2,1-3H3,(H,23,26)(H,24,27). The SMILES string of the molecule is COc1ccc(C)cc1S(=O)(=O)N1CCCC(C(=O)Nc2ccc(NC(C)=O)cc2)C1. The molecule has 2 aromatic carbocycles. The van der Waals surface area contributed by atoms with Gasteiger partial charge >= 0.3 is 0 Å². The summed E-state index contributed by atoms with van der Waals surface area (Å²) in [6.45, 7) is 3.71. The van der Waals surface area contributed by atoms with E-state index in [2.05, 4.69) is 10.6 Å². The summed E-state index contributed by atoms with van der Waals surface area (Å²) in [5.41, 5.74) is 2.03. The largest absolute Gasteiger partial charge is 0.495 e. The van der Waals surface area contributed by atoms with Gasteiger partial charge in [0.2, 0.25) is 21.8 Å². The maximum Gasteiger partial charge on any atom is 0.246 e. The van der Waals surface area contributed by atoms with Gasteiger partial charge in [0.1, 0.15) is 10.6 Å². The van der Waals surface area contributed by atoms with Gasteiger partial charge in [0, 0.05) is 31.4 Å². The lowest BCUT2D eigenvalue weighted by Gasteiger charge is -2.31. The van der Waals surface area contributed by atoms with E-state index in [4.69, 9.17) is 4.74 Å². The Bertz CT molecular complexity index is 1070. The number of carbonyl (C=O) groups excluding carboxylic acids is 2. The lowest BCUT2D eigenvalue weighted by Crippen LogP contribution is -2.43. The summed E-state index contributed by atoms with van der Waals surface area (Å²) in [5.74, 6) is -0.584. The molecule has 0 saturated carbocycles. The van der Waals surface area contributed by atoms with Crippen LogP contribution in [0.5, 0.6) is 5.75 Å². The highest BCUT2D eigenvalue weighted by molar-refractivity contribution is 7.89. The summed E-state index contributed by atoms with van der Waals surface area (Å²) in [6, 6.07) is 11.8. The van der Waals surface area contributed by atoms with Crippen molar-refractivity contribution in [2.45, 2.75) is 31.6 Å². The second kappa shape index (κ2) is 9.49. The quantitative estimate of drug-likeness (QED) is 0.711. The van der Waals surface area contributed by atoms with Crippen molar-refractivity contribution >= 4 is 33.2 Å². The van der Waals surface area contributed by atoms with Crippen LogP contribution < -0.4 is 15.4 Å². The second-order valence-electron chi connectivity index (χ2n) is 7.60. The van der Waals surface area contributed by atoms with Gasteiger partial charge in [-0.1, -0.05) is 6.07 Å². The number of ether oxygens (including phenoxy) is 1. The molecule has 1 saturated heterocycles. The fourth-order valence-electron chi connectivity index (χ4n) is 3.58. The third-order valence-corrected chi connectivity index (χ3v) is 7.05. The first-order valence-electron chi connectivity index (χ1n) is 10.0. The van der Waals surface area contributed by atoms with Crippen LogP contribution in [0.3, 0.4) is 0 Å². The molecule has 2 amide bonds. The molecule has 1 aliphatic heterocycles. The Morgan fingerprint density at radius 2 is 1.71 bits per heavy atom. The van der Waals surface area contributed by atoms with Gasteiger partial charge in [-0.25, -0.2) is 8.42 Å². The molecule has 0 aliphatic carbocycles. The molecular weight excluding hydrogens is 418 g/mol. The highest BCUT2D eigenvalue weighted by Gasteiger charge is 2.35. The zero-order valence-corrected chi connectivity index (χ0v) is 18.7. The molecule has 0 bridgehead atoms. The molecule has 1 aliphatic rings. The van der Waals surface area contributed by atoms with Crippen LogP contribution in [-0.4, -0.2) is 44.7 Å². The molecule has 1 heterocycles. The Hall–Kier alpha value is -2.91. The number of benzene rings is 2. The van der Waals surface area contributed by atoms with Gasteiger partial charge in [-0.2, -0.15) is 4.31 Å². The number of rotatable bonds is 6. The molecule has 1 atom stereocenters. The molecule has 2 N–H and O–H groups in total. The van der Waals surface area contributed by atoms with E-state index < -0.39 is 15.9 Å². The summed E-state index contributed by atoms with van der Waals surface area (Å²) >= 11 is 0. The van der Waals surface area contributed by atoms with Crippen molar-refractivity contribution in [3.05, 3.63) is 48.0 Å². The average Bonchev–Trinajstić information content (AvgIpc) is 2.74. The first-order chi connectivity index (χ1) is 14.7. The molecule has 8 nitrogen and oxygen atoms in total. The predicted molar refractivity (Wildman–Crippen MR) is 119 cm³/mol. The van der Waals surface area contributed by atoms with Gasteiger partial charge < -0.3 is 15.4 Å². The molecule has 9 heteroatoms. The van der Waals surface area contributed by atoms with Gasteiger partial charge in [-0.3, -0.25) is 9.59 Å². The molecule has 166 valence electrons. The van der Waals surface area contributed by atoms with Crippen molar-refractivity contribution in [1.82, 2.24) is 4.31 Å². The van der Waals surface area contributed by atoms with Crippen molar-refractivity contribution in [2.75, 3.05) is 30.8 Å². The zero-order chi connectivity index (χ0) is 22.6. The molecule has 31 heavy (non-hydrogen) atoms. The van der Waals surface area contributed by atoms with E-state index in [-0.39, 0.29) is 29.0 Å². The molecule has 1 unspecified atom stereocenters. The number of hydrogen-bond donors (Lipinski definition) is 2. The third-order valence-electron chi connectivity index (χ3n) is 5.16. The van der Waals surface area contributed by atoms with E-state index in [1.54, 1.807) is 42.5 Å². The van der Waals surface area contributed by atoms with Crippen molar-refractivity contribution in [3.63, 3.8) is 0 Å². The highest BCUT2D eigenvalue weighted by atomic mass is 32.2.